The monoisotopic (exact) mass is 275 g/mol. The number of benzene rings is 1. The molecule has 106 valence electrons. The van der Waals surface area contributed by atoms with Gasteiger partial charge in [0.1, 0.15) is 5.75 Å². The molecule has 0 saturated carbocycles. The van der Waals surface area contributed by atoms with Gasteiger partial charge in [0.2, 0.25) is 0 Å². The first kappa shape index (κ1) is 14.3. The van der Waals surface area contributed by atoms with Gasteiger partial charge in [-0.15, -0.1) is 0 Å². The van der Waals surface area contributed by atoms with Crippen molar-refractivity contribution in [3.8, 4) is 5.75 Å². The van der Waals surface area contributed by atoms with Crippen LogP contribution in [0.5, 0.6) is 5.75 Å². The minimum absolute atomic E-state index is 0.0319. The van der Waals surface area contributed by atoms with Crippen molar-refractivity contribution in [1.29, 1.82) is 0 Å². The Kier molecular flexibility index (Phi) is 4.53. The molecule has 0 radical (unpaired) electrons. The second kappa shape index (κ2) is 6.34. The van der Waals surface area contributed by atoms with E-state index in [0.717, 1.165) is 0 Å². The van der Waals surface area contributed by atoms with E-state index in [1.54, 1.807) is 37.5 Å². The molecule has 0 aromatic heterocycles. The number of methoxy groups -OCH3 is 1. The van der Waals surface area contributed by atoms with Gasteiger partial charge >= 0.3 is 5.97 Å². The number of carbonyl (C=O) groups is 2. The van der Waals surface area contributed by atoms with E-state index in [4.69, 9.17) is 9.84 Å². The van der Waals surface area contributed by atoms with Gasteiger partial charge in [0.25, 0.3) is 0 Å². The minimum Gasteiger partial charge on any atom is -0.497 e. The Morgan fingerprint density at radius 3 is 2.90 bits per heavy atom. The highest BCUT2D eigenvalue weighted by molar-refractivity contribution is 5.98. The van der Waals surface area contributed by atoms with Crippen LogP contribution in [0.3, 0.4) is 0 Å². The number of carbonyl (C=O) groups excluding carboxylic acids is 1. The van der Waals surface area contributed by atoms with Crippen molar-refractivity contribution in [3.63, 3.8) is 0 Å². The van der Waals surface area contributed by atoms with E-state index in [2.05, 4.69) is 0 Å². The van der Waals surface area contributed by atoms with E-state index in [1.807, 2.05) is 4.90 Å². The molecule has 0 aliphatic carbocycles. The van der Waals surface area contributed by atoms with Crippen LogP contribution in [0, 0.1) is 0 Å². The molecular formula is C15H17NO4. The first-order valence-electron chi connectivity index (χ1n) is 6.42. The average molecular weight is 275 g/mol. The fourth-order valence-electron chi connectivity index (χ4n) is 2.19. The van der Waals surface area contributed by atoms with Crippen molar-refractivity contribution < 1.29 is 19.4 Å². The standard InChI is InChI=1S/C15H17NO4/c1-20-13-6-2-4-11(8-13)14(17)10-16-7-3-5-12(9-16)15(18)19/h2,4-6,8H,3,7,9-10H2,1H3,(H,18,19). The molecule has 1 aromatic rings. The Bertz CT molecular complexity index is 551. The van der Waals surface area contributed by atoms with Crippen LogP contribution in [0.4, 0.5) is 0 Å². The maximum atomic E-state index is 12.2. The van der Waals surface area contributed by atoms with Gasteiger partial charge < -0.3 is 9.84 Å². The quantitative estimate of drug-likeness (QED) is 0.827. The summed E-state index contributed by atoms with van der Waals surface area (Å²) in [5.74, 6) is -0.306. The summed E-state index contributed by atoms with van der Waals surface area (Å²) in [7, 11) is 1.55. The Morgan fingerprint density at radius 2 is 2.20 bits per heavy atom. The summed E-state index contributed by atoms with van der Waals surface area (Å²) in [6, 6.07) is 6.98. The highest BCUT2D eigenvalue weighted by atomic mass is 16.5. The van der Waals surface area contributed by atoms with Crippen LogP contribution < -0.4 is 4.74 Å². The number of carboxylic acids is 1. The van der Waals surface area contributed by atoms with Crippen molar-refractivity contribution in [2.24, 2.45) is 0 Å². The lowest BCUT2D eigenvalue weighted by Gasteiger charge is -2.24. The number of ketones is 1. The molecule has 20 heavy (non-hydrogen) atoms. The van der Waals surface area contributed by atoms with E-state index in [9.17, 15) is 9.59 Å². The topological polar surface area (TPSA) is 66.8 Å². The van der Waals surface area contributed by atoms with E-state index >= 15 is 0 Å². The molecule has 0 atom stereocenters. The fourth-order valence-corrected chi connectivity index (χ4v) is 2.19. The molecule has 5 heteroatoms. The minimum atomic E-state index is -0.913. The lowest BCUT2D eigenvalue weighted by atomic mass is 10.1. The number of hydrogen-bond acceptors (Lipinski definition) is 4. The molecule has 0 spiro atoms. The van der Waals surface area contributed by atoms with Crippen molar-refractivity contribution in [1.82, 2.24) is 4.90 Å². The number of ether oxygens (including phenoxy) is 1. The van der Waals surface area contributed by atoms with E-state index in [1.165, 1.54) is 0 Å². The summed E-state index contributed by atoms with van der Waals surface area (Å²) in [4.78, 5) is 25.0. The van der Waals surface area contributed by atoms with Crippen LogP contribution in [-0.2, 0) is 4.79 Å². The van der Waals surface area contributed by atoms with Gasteiger partial charge in [0, 0.05) is 24.2 Å². The van der Waals surface area contributed by atoms with Crippen molar-refractivity contribution in [2.75, 3.05) is 26.7 Å². The Balaban J connectivity index is 2.01. The number of aliphatic carboxylic acids is 1. The van der Waals surface area contributed by atoms with Crippen LogP contribution in [0.15, 0.2) is 35.9 Å². The highest BCUT2D eigenvalue weighted by Crippen LogP contribution is 2.15. The molecule has 2 rings (SSSR count). The van der Waals surface area contributed by atoms with Gasteiger partial charge in [-0.2, -0.15) is 0 Å². The SMILES string of the molecule is COc1cccc(C(=O)CN2CCC=C(C(=O)O)C2)c1. The fraction of sp³-hybridized carbons (Fsp3) is 0.333. The average Bonchev–Trinajstić information content (AvgIpc) is 2.47. The maximum absolute atomic E-state index is 12.2. The molecule has 1 heterocycles. The summed E-state index contributed by atoms with van der Waals surface area (Å²) >= 11 is 0. The molecule has 0 bridgehead atoms. The van der Waals surface area contributed by atoms with Crippen LogP contribution in [0.1, 0.15) is 16.8 Å². The lowest BCUT2D eigenvalue weighted by molar-refractivity contribution is -0.133. The normalized spacial score (nSPS) is 15.6. The first-order valence-corrected chi connectivity index (χ1v) is 6.42. The molecule has 1 aliphatic heterocycles. The first-order chi connectivity index (χ1) is 9.60. The van der Waals surface area contributed by atoms with E-state index in [-0.39, 0.29) is 12.3 Å². The lowest BCUT2D eigenvalue weighted by Crippen LogP contribution is -2.36. The molecular weight excluding hydrogens is 258 g/mol. The summed E-state index contributed by atoms with van der Waals surface area (Å²) < 4.78 is 5.09. The molecule has 0 unspecified atom stereocenters. The maximum Gasteiger partial charge on any atom is 0.332 e. The molecule has 5 nitrogen and oxygen atoms in total. The smallest absolute Gasteiger partial charge is 0.332 e. The zero-order chi connectivity index (χ0) is 14.5. The molecule has 1 aliphatic rings. The van der Waals surface area contributed by atoms with Crippen molar-refractivity contribution in [2.45, 2.75) is 6.42 Å². The Hall–Kier alpha value is -2.14. The largest absolute Gasteiger partial charge is 0.497 e. The third-order valence-corrected chi connectivity index (χ3v) is 3.26. The number of hydrogen-bond donors (Lipinski definition) is 1. The third-order valence-electron chi connectivity index (χ3n) is 3.26. The summed E-state index contributed by atoms with van der Waals surface area (Å²) in [5.41, 5.74) is 0.936. The molecule has 0 saturated heterocycles. The molecule has 1 N–H and O–H groups in total. The molecule has 1 aromatic carbocycles. The zero-order valence-electron chi connectivity index (χ0n) is 11.3. The number of rotatable bonds is 5. The van der Waals surface area contributed by atoms with Gasteiger partial charge in [0.05, 0.1) is 13.7 Å². The predicted molar refractivity (Wildman–Crippen MR) is 74.1 cm³/mol. The number of nitrogens with zero attached hydrogens (tertiary/aromatic N) is 1. The van der Waals surface area contributed by atoms with Crippen LogP contribution in [-0.4, -0.2) is 48.5 Å². The highest BCUT2D eigenvalue weighted by Gasteiger charge is 2.20. The van der Waals surface area contributed by atoms with E-state index in [0.29, 0.717) is 36.4 Å². The summed E-state index contributed by atoms with van der Waals surface area (Å²) in [6.07, 6.45) is 2.38. The zero-order valence-corrected chi connectivity index (χ0v) is 11.3. The third kappa shape index (κ3) is 3.45. The van der Waals surface area contributed by atoms with Crippen LogP contribution in [0.25, 0.3) is 0 Å². The Labute approximate surface area is 117 Å². The van der Waals surface area contributed by atoms with Crippen LogP contribution in [0.2, 0.25) is 0 Å². The second-order valence-corrected chi connectivity index (χ2v) is 4.69. The summed E-state index contributed by atoms with van der Waals surface area (Å²) in [6.45, 7) is 1.23. The molecule has 0 fully saturated rings. The van der Waals surface area contributed by atoms with Gasteiger partial charge in [-0.05, 0) is 18.6 Å². The van der Waals surface area contributed by atoms with Gasteiger partial charge in [-0.3, -0.25) is 9.69 Å². The van der Waals surface area contributed by atoms with Crippen molar-refractivity contribution in [3.05, 3.63) is 41.5 Å². The van der Waals surface area contributed by atoms with Crippen LogP contribution >= 0.6 is 0 Å². The second-order valence-electron chi connectivity index (χ2n) is 4.69. The summed E-state index contributed by atoms with van der Waals surface area (Å²) in [5, 5.41) is 8.98. The Morgan fingerprint density at radius 1 is 1.40 bits per heavy atom. The van der Waals surface area contributed by atoms with Gasteiger partial charge in [0.15, 0.2) is 5.78 Å². The number of carboxylic acid groups (broad SMARTS) is 1. The molecule has 0 amide bonds. The van der Waals surface area contributed by atoms with Crippen molar-refractivity contribution >= 4 is 11.8 Å². The van der Waals surface area contributed by atoms with Gasteiger partial charge in [-0.1, -0.05) is 18.2 Å². The van der Waals surface area contributed by atoms with E-state index < -0.39 is 5.97 Å². The predicted octanol–water partition coefficient (Wildman–Crippen LogP) is 1.59. The van der Waals surface area contributed by atoms with Gasteiger partial charge in [-0.25, -0.2) is 4.79 Å². The number of Topliss-reactive ketones (excluding diaryl/α,β-unsaturated/α-hetero) is 1.